The maximum absolute atomic E-state index is 12.4. The number of nitrogens with zero attached hydrogens (tertiary/aromatic N) is 1. The van der Waals surface area contributed by atoms with Crippen molar-refractivity contribution >= 4 is 35.0 Å². The monoisotopic (exact) mass is 463 g/mol. The lowest BCUT2D eigenvalue weighted by Crippen LogP contribution is -2.36. The first kappa shape index (κ1) is 22.2. The summed E-state index contributed by atoms with van der Waals surface area (Å²) in [6.45, 7) is 2.02. The van der Waals surface area contributed by atoms with E-state index in [1.165, 1.54) is 20.3 Å². The number of urea groups is 1. The van der Waals surface area contributed by atoms with Gasteiger partial charge in [-0.15, -0.1) is 0 Å². The number of imide groups is 1. The Kier molecular flexibility index (Phi) is 6.50. The van der Waals surface area contributed by atoms with Crippen molar-refractivity contribution in [3.63, 3.8) is 0 Å². The molecule has 0 saturated heterocycles. The highest BCUT2D eigenvalue weighted by molar-refractivity contribution is 7.98. The van der Waals surface area contributed by atoms with E-state index in [1.54, 1.807) is 30.3 Å². The van der Waals surface area contributed by atoms with Gasteiger partial charge >= 0.3 is 6.03 Å². The third kappa shape index (κ3) is 5.09. The lowest BCUT2D eigenvalue weighted by atomic mass is 10.1. The molecule has 4 rings (SSSR count). The molecule has 0 bridgehead atoms. The Morgan fingerprint density at radius 3 is 2.42 bits per heavy atom. The minimum atomic E-state index is -0.652. The van der Waals surface area contributed by atoms with E-state index in [0.29, 0.717) is 28.5 Å². The van der Waals surface area contributed by atoms with Crippen LogP contribution in [0.3, 0.4) is 0 Å². The number of oxazole rings is 1. The molecule has 1 aromatic heterocycles. The molecule has 0 fully saturated rings. The largest absolute Gasteiger partial charge is 0.493 e. The number of rotatable bonds is 6. The average molecular weight is 464 g/mol. The summed E-state index contributed by atoms with van der Waals surface area (Å²) in [5.74, 6) is 0.843. The lowest BCUT2D eigenvalue weighted by molar-refractivity contribution is 0.0965. The Balaban J connectivity index is 1.39. The van der Waals surface area contributed by atoms with Crippen molar-refractivity contribution in [1.82, 2.24) is 15.0 Å². The number of carbonyl (C=O) groups excluding carboxylic acids is 2. The molecule has 9 heteroatoms. The van der Waals surface area contributed by atoms with Crippen molar-refractivity contribution in [2.24, 2.45) is 0 Å². The lowest BCUT2D eigenvalue weighted by Gasteiger charge is -2.10. The van der Waals surface area contributed by atoms with Gasteiger partial charge in [-0.05, 0) is 67.4 Å². The molecule has 0 unspecified atom stereocenters. The second-order valence-electron chi connectivity index (χ2n) is 7.07. The molecule has 3 aromatic carbocycles. The topological polar surface area (TPSA) is 103 Å². The molecule has 33 heavy (non-hydrogen) atoms. The molecule has 3 amide bonds. The van der Waals surface area contributed by atoms with Crippen molar-refractivity contribution in [3.8, 4) is 23.0 Å². The third-order valence-corrected chi connectivity index (χ3v) is 5.57. The van der Waals surface area contributed by atoms with E-state index in [0.717, 1.165) is 28.0 Å². The highest BCUT2D eigenvalue weighted by Gasteiger charge is 2.14. The van der Waals surface area contributed by atoms with Gasteiger partial charge in [-0.3, -0.25) is 14.8 Å². The second-order valence-corrected chi connectivity index (χ2v) is 7.95. The molecule has 2 N–H and O–H groups in total. The minimum Gasteiger partial charge on any atom is -0.493 e. The normalized spacial score (nSPS) is 10.6. The van der Waals surface area contributed by atoms with Crippen molar-refractivity contribution in [2.45, 2.75) is 11.8 Å². The molecule has 1 heterocycles. The molecule has 0 aliphatic carbocycles. The number of carbonyl (C=O) groups is 2. The first-order chi connectivity index (χ1) is 16.0. The zero-order valence-electron chi connectivity index (χ0n) is 18.2. The fourth-order valence-corrected chi connectivity index (χ4v) is 3.64. The van der Waals surface area contributed by atoms with Crippen LogP contribution in [0.1, 0.15) is 15.9 Å². The molecule has 0 aliphatic heterocycles. The van der Waals surface area contributed by atoms with Gasteiger partial charge in [0.05, 0.1) is 14.2 Å². The number of nitrogens with one attached hydrogen (secondary N) is 2. The number of ether oxygens (including phenoxy) is 2. The van der Waals surface area contributed by atoms with E-state index in [4.69, 9.17) is 13.9 Å². The fraction of sp³-hybridized carbons (Fsp3) is 0.125. The number of amides is 3. The van der Waals surface area contributed by atoms with Crippen LogP contribution in [0.4, 0.5) is 4.79 Å². The van der Waals surface area contributed by atoms with Gasteiger partial charge in [0.1, 0.15) is 5.52 Å². The number of aryl methyl sites for hydroxylation is 1. The van der Waals surface area contributed by atoms with Gasteiger partial charge in [0.2, 0.25) is 5.89 Å². The van der Waals surface area contributed by atoms with Crippen molar-refractivity contribution in [3.05, 3.63) is 71.8 Å². The van der Waals surface area contributed by atoms with Crippen LogP contribution in [0.5, 0.6) is 11.5 Å². The Morgan fingerprint density at radius 1 is 0.939 bits per heavy atom. The van der Waals surface area contributed by atoms with Gasteiger partial charge in [0, 0.05) is 16.0 Å². The number of hydrogen-bond donors (Lipinski definition) is 2. The van der Waals surface area contributed by atoms with Crippen molar-refractivity contribution < 1.29 is 23.5 Å². The molecule has 8 nitrogen and oxygen atoms in total. The number of aromatic nitrogens is 1. The molecule has 0 radical (unpaired) electrons. The van der Waals surface area contributed by atoms with Crippen LogP contribution in [-0.4, -0.2) is 31.1 Å². The van der Waals surface area contributed by atoms with Crippen LogP contribution in [0, 0.1) is 6.92 Å². The zero-order valence-corrected chi connectivity index (χ0v) is 19.0. The number of hydrogen-bond acceptors (Lipinski definition) is 7. The zero-order chi connectivity index (χ0) is 23.4. The predicted molar refractivity (Wildman–Crippen MR) is 126 cm³/mol. The van der Waals surface area contributed by atoms with Crippen LogP contribution < -0.4 is 19.5 Å². The summed E-state index contributed by atoms with van der Waals surface area (Å²) in [4.78, 5) is 29.8. The highest BCUT2D eigenvalue weighted by Crippen LogP contribution is 2.28. The number of benzene rings is 3. The standard InChI is InChI=1S/C24H21N3O5S/c1-14-4-6-15(7-5-14)23-25-18-13-17(9-11-19(18)32-23)33-27-24(29)26-22(28)16-8-10-20(30-2)21(12-16)31-3/h4-13H,1-3H3,(H2,26,27,28,29). The Morgan fingerprint density at radius 2 is 1.70 bits per heavy atom. The van der Waals surface area contributed by atoms with Crippen molar-refractivity contribution in [1.29, 1.82) is 0 Å². The van der Waals surface area contributed by atoms with Crippen LogP contribution in [0.2, 0.25) is 0 Å². The van der Waals surface area contributed by atoms with E-state index in [1.807, 2.05) is 31.2 Å². The molecule has 0 atom stereocenters. The molecule has 168 valence electrons. The maximum atomic E-state index is 12.4. The first-order valence-corrected chi connectivity index (χ1v) is 10.8. The van der Waals surface area contributed by atoms with Gasteiger partial charge in [-0.1, -0.05) is 17.7 Å². The number of fused-ring (bicyclic) bond motifs is 1. The van der Waals surface area contributed by atoms with Gasteiger partial charge < -0.3 is 13.9 Å². The van der Waals surface area contributed by atoms with Crippen molar-refractivity contribution in [2.75, 3.05) is 14.2 Å². The summed E-state index contributed by atoms with van der Waals surface area (Å²) in [5.41, 5.74) is 3.61. The smallest absolute Gasteiger partial charge is 0.331 e. The minimum absolute atomic E-state index is 0.264. The fourth-order valence-electron chi connectivity index (χ4n) is 3.07. The van der Waals surface area contributed by atoms with E-state index in [2.05, 4.69) is 15.0 Å². The van der Waals surface area contributed by atoms with Crippen LogP contribution in [-0.2, 0) is 0 Å². The summed E-state index contributed by atoms with van der Waals surface area (Å²) in [7, 11) is 2.97. The summed E-state index contributed by atoms with van der Waals surface area (Å²) in [6.07, 6.45) is 0. The summed E-state index contributed by atoms with van der Waals surface area (Å²) in [5, 5.41) is 2.28. The van der Waals surface area contributed by atoms with Crippen LogP contribution in [0.15, 0.2) is 70.0 Å². The van der Waals surface area contributed by atoms with Gasteiger partial charge in [0.15, 0.2) is 17.1 Å². The Hall–Kier alpha value is -3.98. The SMILES string of the molecule is COc1ccc(C(=O)NC(=O)NSc2ccc3oc(-c4ccc(C)cc4)nc3c2)cc1OC. The molecular formula is C24H21N3O5S. The average Bonchev–Trinajstić information content (AvgIpc) is 3.26. The van der Waals surface area contributed by atoms with Gasteiger partial charge in [-0.2, -0.15) is 0 Å². The molecule has 0 spiro atoms. The molecule has 4 aromatic rings. The summed E-state index contributed by atoms with van der Waals surface area (Å²) < 4.78 is 18.8. The predicted octanol–water partition coefficient (Wildman–Crippen LogP) is 4.97. The Bertz CT molecular complexity index is 1320. The molecule has 0 aliphatic rings. The maximum Gasteiger partial charge on any atom is 0.331 e. The summed E-state index contributed by atoms with van der Waals surface area (Å²) in [6, 6.07) is 17.3. The third-order valence-electron chi connectivity index (χ3n) is 4.79. The van der Waals surface area contributed by atoms with E-state index >= 15 is 0 Å². The Labute approximate surface area is 194 Å². The quantitative estimate of drug-likeness (QED) is 0.389. The summed E-state index contributed by atoms with van der Waals surface area (Å²) >= 11 is 1.06. The van der Waals surface area contributed by atoms with E-state index in [-0.39, 0.29) is 5.56 Å². The van der Waals surface area contributed by atoms with E-state index < -0.39 is 11.9 Å². The van der Waals surface area contributed by atoms with Gasteiger partial charge in [-0.25, -0.2) is 9.78 Å². The molecule has 0 saturated carbocycles. The van der Waals surface area contributed by atoms with E-state index in [9.17, 15) is 9.59 Å². The first-order valence-electron chi connectivity index (χ1n) is 9.94. The highest BCUT2D eigenvalue weighted by atomic mass is 32.2. The number of methoxy groups -OCH3 is 2. The van der Waals surface area contributed by atoms with Gasteiger partial charge in [0.25, 0.3) is 5.91 Å². The van der Waals surface area contributed by atoms with Crippen LogP contribution in [0.25, 0.3) is 22.6 Å². The molecular weight excluding hydrogens is 442 g/mol. The van der Waals surface area contributed by atoms with Crippen LogP contribution >= 0.6 is 11.9 Å². The second kappa shape index (κ2) is 9.66.